The van der Waals surface area contributed by atoms with E-state index in [9.17, 15) is 14.7 Å². The normalized spacial score (nSPS) is 14.3. The van der Waals surface area contributed by atoms with Gasteiger partial charge in [0.2, 0.25) is 0 Å². The highest BCUT2D eigenvalue weighted by Gasteiger charge is 2.34. The van der Waals surface area contributed by atoms with Crippen LogP contribution in [0.4, 0.5) is 0 Å². The van der Waals surface area contributed by atoms with Crippen molar-refractivity contribution in [1.29, 1.82) is 0 Å². The average Bonchev–Trinajstić information content (AvgIpc) is 3.08. The predicted molar refractivity (Wildman–Crippen MR) is 124 cm³/mol. The fourth-order valence-electron chi connectivity index (χ4n) is 4.28. The third-order valence-electron chi connectivity index (χ3n) is 5.75. The van der Waals surface area contributed by atoms with Crippen LogP contribution in [0.15, 0.2) is 66.7 Å². The minimum atomic E-state index is -1.10. The van der Waals surface area contributed by atoms with Crippen LogP contribution in [0, 0.1) is 0 Å². The van der Waals surface area contributed by atoms with Crippen LogP contribution in [0.3, 0.4) is 0 Å². The van der Waals surface area contributed by atoms with E-state index in [1.807, 2.05) is 36.4 Å². The van der Waals surface area contributed by atoms with Crippen molar-refractivity contribution in [2.24, 2.45) is 5.73 Å². The SMILES string of the molecule is N[C@H](CC(=O)O)[C@H](C(=O)OCC1c2ccccc2-c2ccccc21)c1ccc(Cl)c(Cl)c1. The van der Waals surface area contributed by atoms with Crippen LogP contribution in [0.2, 0.25) is 10.0 Å². The van der Waals surface area contributed by atoms with Gasteiger partial charge in [0.05, 0.1) is 22.4 Å². The van der Waals surface area contributed by atoms with Crippen LogP contribution < -0.4 is 5.73 Å². The molecular weight excluding hydrogens is 449 g/mol. The summed E-state index contributed by atoms with van der Waals surface area (Å²) < 4.78 is 5.74. The first kappa shape index (κ1) is 22.3. The Balaban J connectivity index is 1.60. The Kier molecular flexibility index (Phi) is 6.51. The lowest BCUT2D eigenvalue weighted by molar-refractivity contribution is -0.146. The number of carboxylic acid groups (broad SMARTS) is 1. The van der Waals surface area contributed by atoms with Gasteiger partial charge in [0.25, 0.3) is 0 Å². The molecule has 0 saturated heterocycles. The number of hydrogen-bond acceptors (Lipinski definition) is 4. The second kappa shape index (κ2) is 9.33. The van der Waals surface area contributed by atoms with Gasteiger partial charge in [0.15, 0.2) is 0 Å². The number of carbonyl (C=O) groups is 2. The van der Waals surface area contributed by atoms with Crippen LogP contribution in [-0.4, -0.2) is 29.7 Å². The van der Waals surface area contributed by atoms with Gasteiger partial charge in [-0.1, -0.05) is 77.8 Å². The number of carbonyl (C=O) groups excluding carboxylic acids is 1. The molecule has 0 radical (unpaired) electrons. The smallest absolute Gasteiger partial charge is 0.315 e. The molecule has 1 aliphatic rings. The first-order valence-corrected chi connectivity index (χ1v) is 10.9. The lowest BCUT2D eigenvalue weighted by atomic mass is 9.90. The van der Waals surface area contributed by atoms with Crippen LogP contribution >= 0.6 is 23.2 Å². The summed E-state index contributed by atoms with van der Waals surface area (Å²) in [5.74, 6) is -2.81. The number of hydrogen-bond donors (Lipinski definition) is 2. The standard InChI is InChI=1S/C25H21Cl2NO4/c26-20-10-9-14(11-21(20)27)24(22(28)12-23(29)30)25(31)32-13-19-17-7-3-1-5-15(17)16-6-2-4-8-18(16)19/h1-11,19,22,24H,12-13,28H2,(H,29,30)/t22-,24-/m1/s1. The Morgan fingerprint density at radius 2 is 1.53 bits per heavy atom. The number of esters is 1. The summed E-state index contributed by atoms with van der Waals surface area (Å²) in [6, 6.07) is 19.7. The molecule has 2 atom stereocenters. The van der Waals surface area contributed by atoms with E-state index in [-0.39, 0.29) is 17.5 Å². The lowest BCUT2D eigenvalue weighted by Crippen LogP contribution is -2.37. The number of halogens is 2. The highest BCUT2D eigenvalue weighted by atomic mass is 35.5. The molecule has 0 bridgehead atoms. The van der Waals surface area contributed by atoms with Crippen molar-refractivity contribution >= 4 is 35.1 Å². The van der Waals surface area contributed by atoms with E-state index >= 15 is 0 Å². The van der Waals surface area contributed by atoms with Crippen molar-refractivity contribution in [1.82, 2.24) is 0 Å². The van der Waals surface area contributed by atoms with Crippen molar-refractivity contribution < 1.29 is 19.4 Å². The summed E-state index contributed by atoms with van der Waals surface area (Å²) in [7, 11) is 0. The Labute approximate surface area is 195 Å². The molecule has 0 aromatic heterocycles. The predicted octanol–water partition coefficient (Wildman–Crippen LogP) is 5.23. The highest BCUT2D eigenvalue weighted by molar-refractivity contribution is 6.42. The van der Waals surface area contributed by atoms with Gasteiger partial charge >= 0.3 is 11.9 Å². The molecule has 4 rings (SSSR count). The molecule has 32 heavy (non-hydrogen) atoms. The molecule has 1 aliphatic carbocycles. The number of carboxylic acids is 1. The second-order valence-corrected chi connectivity index (χ2v) is 8.58. The fraction of sp³-hybridized carbons (Fsp3) is 0.200. The second-order valence-electron chi connectivity index (χ2n) is 7.77. The summed E-state index contributed by atoms with van der Waals surface area (Å²) >= 11 is 12.1. The molecule has 0 heterocycles. The molecule has 3 N–H and O–H groups in total. The Morgan fingerprint density at radius 3 is 2.09 bits per heavy atom. The zero-order valence-electron chi connectivity index (χ0n) is 17.0. The first-order valence-electron chi connectivity index (χ1n) is 10.1. The van der Waals surface area contributed by atoms with Gasteiger partial charge in [-0.15, -0.1) is 0 Å². The van der Waals surface area contributed by atoms with E-state index in [0.717, 1.165) is 22.3 Å². The molecular formula is C25H21Cl2NO4. The van der Waals surface area contributed by atoms with Gasteiger partial charge in [0.1, 0.15) is 6.61 Å². The zero-order chi connectivity index (χ0) is 22.8. The van der Waals surface area contributed by atoms with Crippen molar-refractivity contribution in [3.8, 4) is 11.1 Å². The molecule has 0 amide bonds. The molecule has 0 spiro atoms. The Hall–Kier alpha value is -2.86. The van der Waals surface area contributed by atoms with E-state index in [4.69, 9.17) is 33.7 Å². The topological polar surface area (TPSA) is 89.6 Å². The van der Waals surface area contributed by atoms with Gasteiger partial charge in [-0.2, -0.15) is 0 Å². The minimum Gasteiger partial charge on any atom is -0.481 e. The van der Waals surface area contributed by atoms with Crippen LogP contribution in [0.1, 0.15) is 34.9 Å². The first-order chi connectivity index (χ1) is 15.4. The molecule has 0 saturated carbocycles. The molecule has 5 nitrogen and oxygen atoms in total. The molecule has 3 aromatic rings. The largest absolute Gasteiger partial charge is 0.481 e. The van der Waals surface area contributed by atoms with E-state index in [2.05, 4.69) is 12.1 Å². The maximum Gasteiger partial charge on any atom is 0.315 e. The van der Waals surface area contributed by atoms with Crippen molar-refractivity contribution in [2.75, 3.05) is 6.61 Å². The van der Waals surface area contributed by atoms with Crippen LogP contribution in [0.5, 0.6) is 0 Å². The zero-order valence-corrected chi connectivity index (χ0v) is 18.5. The van der Waals surface area contributed by atoms with Gasteiger partial charge in [-0.05, 0) is 39.9 Å². The van der Waals surface area contributed by atoms with Crippen LogP contribution in [0.25, 0.3) is 11.1 Å². The van der Waals surface area contributed by atoms with Gasteiger partial charge in [0, 0.05) is 12.0 Å². The molecule has 0 fully saturated rings. The van der Waals surface area contributed by atoms with Crippen LogP contribution in [-0.2, 0) is 14.3 Å². The van der Waals surface area contributed by atoms with E-state index in [1.165, 1.54) is 6.07 Å². The van der Waals surface area contributed by atoms with Gasteiger partial charge in [-0.25, -0.2) is 0 Å². The molecule has 164 valence electrons. The van der Waals surface area contributed by atoms with E-state index < -0.39 is 30.3 Å². The molecule has 3 aromatic carbocycles. The maximum atomic E-state index is 13.2. The minimum absolute atomic E-state index is 0.114. The van der Waals surface area contributed by atoms with E-state index in [0.29, 0.717) is 10.6 Å². The van der Waals surface area contributed by atoms with Crippen molar-refractivity contribution in [3.63, 3.8) is 0 Å². The number of aliphatic carboxylic acids is 1. The van der Waals surface area contributed by atoms with E-state index in [1.54, 1.807) is 12.1 Å². The summed E-state index contributed by atoms with van der Waals surface area (Å²) in [6.07, 6.45) is -0.394. The summed E-state index contributed by atoms with van der Waals surface area (Å²) in [5.41, 5.74) is 11.0. The Morgan fingerprint density at radius 1 is 0.938 bits per heavy atom. The number of benzene rings is 3. The average molecular weight is 470 g/mol. The molecule has 0 unspecified atom stereocenters. The van der Waals surface area contributed by atoms with Crippen molar-refractivity contribution in [2.45, 2.75) is 24.3 Å². The third-order valence-corrected chi connectivity index (χ3v) is 6.49. The summed E-state index contributed by atoms with van der Waals surface area (Å²) in [6.45, 7) is 0.116. The lowest BCUT2D eigenvalue weighted by Gasteiger charge is -2.23. The number of ether oxygens (including phenoxy) is 1. The van der Waals surface area contributed by atoms with Gasteiger partial charge in [-0.3, -0.25) is 9.59 Å². The molecule has 7 heteroatoms. The Bertz CT molecular complexity index is 1130. The quantitative estimate of drug-likeness (QED) is 0.462. The summed E-state index contributed by atoms with van der Waals surface area (Å²) in [5, 5.41) is 9.78. The fourth-order valence-corrected chi connectivity index (χ4v) is 4.58. The van der Waals surface area contributed by atoms with Gasteiger partial charge < -0.3 is 15.6 Å². The maximum absolute atomic E-state index is 13.2. The number of fused-ring (bicyclic) bond motifs is 3. The monoisotopic (exact) mass is 469 g/mol. The highest BCUT2D eigenvalue weighted by Crippen LogP contribution is 2.44. The third kappa shape index (κ3) is 4.37. The number of nitrogens with two attached hydrogens (primary N) is 1. The number of rotatable bonds is 7. The molecule has 0 aliphatic heterocycles. The summed E-state index contributed by atoms with van der Waals surface area (Å²) in [4.78, 5) is 24.4. The van der Waals surface area contributed by atoms with Crippen molar-refractivity contribution in [3.05, 3.63) is 93.5 Å².